The zero-order valence-electron chi connectivity index (χ0n) is 30.6. The molecule has 2 aliphatic heterocycles. The van der Waals surface area contributed by atoms with Crippen molar-refractivity contribution < 1.29 is 41.4 Å². The number of hydrogen-bond acceptors (Lipinski definition) is 9. The monoisotopic (exact) mass is 751 g/mol. The summed E-state index contributed by atoms with van der Waals surface area (Å²) < 4.78 is 73.7. The molecule has 0 saturated carbocycles. The molecule has 0 spiro atoms. The third kappa shape index (κ3) is 9.53. The third-order valence-electron chi connectivity index (χ3n) is 9.74. The second-order valence-corrected chi connectivity index (χ2v) is 14.0. The molecule has 2 aliphatic rings. The van der Waals surface area contributed by atoms with Gasteiger partial charge in [0.25, 0.3) is 5.91 Å². The molecule has 2 saturated heterocycles. The summed E-state index contributed by atoms with van der Waals surface area (Å²) in [5.41, 5.74) is 3.82. The maximum absolute atomic E-state index is 16.2. The van der Waals surface area contributed by atoms with Gasteiger partial charge in [0.15, 0.2) is 0 Å². The van der Waals surface area contributed by atoms with Gasteiger partial charge < -0.3 is 29.3 Å². The van der Waals surface area contributed by atoms with Gasteiger partial charge >= 0.3 is 12.1 Å². The van der Waals surface area contributed by atoms with Crippen molar-refractivity contribution in [3.8, 4) is 0 Å². The van der Waals surface area contributed by atoms with Gasteiger partial charge in [-0.25, -0.2) is 9.18 Å². The SMILES string of the molecule is COC(=O)C(Cc1cccc(Cc2cc(CN(C)C)cc3ccncc23)c1)NC(=O)c1c(F)cc(N2CCOCC2C(F)(F)F)cc1CN1CCOCC1. The van der Waals surface area contributed by atoms with Crippen molar-refractivity contribution in [1.29, 1.82) is 0 Å². The molecule has 0 aliphatic carbocycles. The predicted octanol–water partition coefficient (Wildman–Crippen LogP) is 5.14. The van der Waals surface area contributed by atoms with Crippen LogP contribution in [-0.2, 0) is 44.9 Å². The third-order valence-corrected chi connectivity index (χ3v) is 9.74. The number of carbonyl (C=O) groups excluding carboxylic acids is 2. The summed E-state index contributed by atoms with van der Waals surface area (Å²) in [5.74, 6) is -2.60. The molecular weight excluding hydrogens is 706 g/mol. The fraction of sp³-hybridized carbons (Fsp3) is 0.425. The number of ether oxygens (including phenoxy) is 3. The first-order valence-electron chi connectivity index (χ1n) is 17.9. The van der Waals surface area contributed by atoms with Gasteiger partial charge in [0.1, 0.15) is 17.9 Å². The fourth-order valence-electron chi connectivity index (χ4n) is 7.21. The first-order valence-corrected chi connectivity index (χ1v) is 17.9. The molecule has 2 fully saturated rings. The van der Waals surface area contributed by atoms with E-state index in [4.69, 9.17) is 14.2 Å². The number of anilines is 1. The molecule has 2 unspecified atom stereocenters. The highest BCUT2D eigenvalue weighted by Gasteiger charge is 2.46. The van der Waals surface area contributed by atoms with Crippen LogP contribution < -0.4 is 10.2 Å². The normalized spacial score (nSPS) is 17.5. The molecule has 54 heavy (non-hydrogen) atoms. The number of aromatic nitrogens is 1. The van der Waals surface area contributed by atoms with Gasteiger partial charge in [0, 0.05) is 62.6 Å². The van der Waals surface area contributed by atoms with Crippen molar-refractivity contribution in [1.82, 2.24) is 20.1 Å². The molecule has 4 aromatic rings. The molecule has 1 aromatic heterocycles. The van der Waals surface area contributed by atoms with Crippen LogP contribution in [0.15, 0.2) is 67.0 Å². The molecule has 14 heteroatoms. The van der Waals surface area contributed by atoms with E-state index in [1.54, 1.807) is 6.20 Å². The van der Waals surface area contributed by atoms with Gasteiger partial charge in [-0.05, 0) is 78.0 Å². The highest BCUT2D eigenvalue weighted by Crippen LogP contribution is 2.34. The Labute approximate surface area is 312 Å². The van der Waals surface area contributed by atoms with Crippen molar-refractivity contribution in [3.05, 3.63) is 106 Å². The molecule has 0 radical (unpaired) electrons. The van der Waals surface area contributed by atoms with Gasteiger partial charge in [-0.2, -0.15) is 13.2 Å². The van der Waals surface area contributed by atoms with Crippen LogP contribution in [0.5, 0.6) is 0 Å². The van der Waals surface area contributed by atoms with Gasteiger partial charge in [-0.15, -0.1) is 0 Å². The molecule has 0 bridgehead atoms. The van der Waals surface area contributed by atoms with E-state index in [2.05, 4.69) is 27.3 Å². The summed E-state index contributed by atoms with van der Waals surface area (Å²) in [6, 6.07) is 13.2. The molecule has 1 amide bonds. The maximum atomic E-state index is 16.2. The van der Waals surface area contributed by atoms with Crippen molar-refractivity contribution in [2.75, 3.05) is 72.2 Å². The number of esters is 1. The molecule has 1 N–H and O–H groups in total. The zero-order valence-corrected chi connectivity index (χ0v) is 30.6. The average Bonchev–Trinajstić information content (AvgIpc) is 3.14. The lowest BCUT2D eigenvalue weighted by atomic mass is 9.95. The van der Waals surface area contributed by atoms with Gasteiger partial charge in [0.05, 0.1) is 39.1 Å². The number of morpholine rings is 2. The minimum absolute atomic E-state index is 0.00456. The van der Waals surface area contributed by atoms with Crippen LogP contribution >= 0.6 is 0 Å². The highest BCUT2D eigenvalue weighted by atomic mass is 19.4. The lowest BCUT2D eigenvalue weighted by Gasteiger charge is -2.38. The lowest BCUT2D eigenvalue weighted by Crippen LogP contribution is -2.53. The van der Waals surface area contributed by atoms with Gasteiger partial charge in [-0.3, -0.25) is 14.7 Å². The Morgan fingerprint density at radius 3 is 2.48 bits per heavy atom. The van der Waals surface area contributed by atoms with Crippen LogP contribution in [0.25, 0.3) is 10.8 Å². The van der Waals surface area contributed by atoms with E-state index in [-0.39, 0.29) is 42.9 Å². The minimum Gasteiger partial charge on any atom is -0.467 e. The summed E-state index contributed by atoms with van der Waals surface area (Å²) in [6.45, 7) is 2.01. The largest absolute Gasteiger partial charge is 0.467 e. The fourth-order valence-corrected chi connectivity index (χ4v) is 7.21. The van der Waals surface area contributed by atoms with Crippen molar-refractivity contribution in [3.63, 3.8) is 0 Å². The summed E-state index contributed by atoms with van der Waals surface area (Å²) in [7, 11) is 5.24. The maximum Gasteiger partial charge on any atom is 0.411 e. The number of alkyl halides is 3. The van der Waals surface area contributed by atoms with E-state index in [1.165, 1.54) is 13.2 Å². The number of amides is 1. The van der Waals surface area contributed by atoms with E-state index in [0.29, 0.717) is 32.7 Å². The van der Waals surface area contributed by atoms with E-state index in [9.17, 15) is 22.8 Å². The highest BCUT2D eigenvalue weighted by molar-refractivity contribution is 5.99. The first-order chi connectivity index (χ1) is 25.9. The number of halogens is 4. The number of rotatable bonds is 12. The molecule has 3 heterocycles. The number of hydrogen-bond donors (Lipinski definition) is 1. The Bertz CT molecular complexity index is 1950. The van der Waals surface area contributed by atoms with Crippen LogP contribution in [-0.4, -0.2) is 112 Å². The summed E-state index contributed by atoms with van der Waals surface area (Å²) in [4.78, 5) is 36.6. The second kappa shape index (κ2) is 17.2. The number of fused-ring (bicyclic) bond motifs is 1. The van der Waals surface area contributed by atoms with Crippen LogP contribution in [0, 0.1) is 5.82 Å². The predicted molar refractivity (Wildman–Crippen MR) is 196 cm³/mol. The first kappa shape index (κ1) is 39.1. The Balaban J connectivity index is 1.27. The quantitative estimate of drug-likeness (QED) is 0.156. The second-order valence-electron chi connectivity index (χ2n) is 14.0. The van der Waals surface area contributed by atoms with Crippen molar-refractivity contribution >= 4 is 28.3 Å². The molecule has 10 nitrogen and oxygen atoms in total. The van der Waals surface area contributed by atoms with Gasteiger partial charge in [-0.1, -0.05) is 30.3 Å². The smallest absolute Gasteiger partial charge is 0.411 e. The minimum atomic E-state index is -4.62. The molecular formula is C40H45F4N5O5. The molecule has 288 valence electrons. The summed E-state index contributed by atoms with van der Waals surface area (Å²) in [6.07, 6.45) is -0.358. The van der Waals surface area contributed by atoms with E-state index >= 15 is 4.39 Å². The number of nitrogens with zero attached hydrogens (tertiary/aromatic N) is 4. The van der Waals surface area contributed by atoms with Crippen LogP contribution in [0.2, 0.25) is 0 Å². The Morgan fingerprint density at radius 2 is 1.74 bits per heavy atom. The molecule has 6 rings (SSSR count). The van der Waals surface area contributed by atoms with Crippen LogP contribution in [0.4, 0.5) is 23.2 Å². The summed E-state index contributed by atoms with van der Waals surface area (Å²) in [5, 5.41) is 4.80. The Morgan fingerprint density at radius 1 is 0.981 bits per heavy atom. The Kier molecular flexibility index (Phi) is 12.5. The number of benzene rings is 3. The molecule has 3 aromatic carbocycles. The van der Waals surface area contributed by atoms with Crippen LogP contribution in [0.3, 0.4) is 0 Å². The number of pyridine rings is 1. The van der Waals surface area contributed by atoms with E-state index < -0.39 is 42.6 Å². The number of carbonyl (C=O) groups is 2. The van der Waals surface area contributed by atoms with Crippen molar-refractivity contribution in [2.24, 2.45) is 0 Å². The topological polar surface area (TPSA) is 96.5 Å². The standard InChI is InChI=1S/C40H45F4N5O5/c1-47(2)23-28-17-29-7-8-45-22-33(29)30(18-28)16-26-5-4-6-27(15-26)19-35(39(51)52-3)46-38(50)37-31(24-48-9-12-53-13-10-48)20-32(21-34(37)41)49-11-14-54-25-36(49)40(42,43)44/h4-8,15,17-18,20-22,35-36H,9-14,16,19,23-25H2,1-3H3,(H,46,50). The zero-order chi connectivity index (χ0) is 38.4. The van der Waals surface area contributed by atoms with Crippen molar-refractivity contribution in [2.45, 2.75) is 44.2 Å². The number of methoxy groups -OCH3 is 1. The average molecular weight is 752 g/mol. The van der Waals surface area contributed by atoms with E-state index in [1.807, 2.05) is 55.5 Å². The molecule has 2 atom stereocenters. The Hall–Kier alpha value is -4.63. The van der Waals surface area contributed by atoms with E-state index in [0.717, 1.165) is 50.5 Å². The van der Waals surface area contributed by atoms with Gasteiger partial charge in [0.2, 0.25) is 0 Å². The lowest BCUT2D eigenvalue weighted by molar-refractivity contribution is -0.167. The summed E-state index contributed by atoms with van der Waals surface area (Å²) >= 11 is 0. The van der Waals surface area contributed by atoms with Crippen LogP contribution in [0.1, 0.15) is 38.2 Å². The number of nitrogens with one attached hydrogen (secondary N) is 1.